The number of rotatable bonds is 11. The van der Waals surface area contributed by atoms with Crippen LogP contribution in [0.25, 0.3) is 0 Å². The maximum atomic E-state index is 11.7. The molecule has 0 bridgehead atoms. The second kappa shape index (κ2) is 11.9. The Bertz CT molecular complexity index is 491. The summed E-state index contributed by atoms with van der Waals surface area (Å²) < 4.78 is 5.17. The third-order valence-corrected chi connectivity index (χ3v) is 3.67. The molecule has 23 heavy (non-hydrogen) atoms. The topological polar surface area (TPSA) is 47.9 Å². The van der Waals surface area contributed by atoms with Gasteiger partial charge in [0.05, 0.1) is 12.8 Å². The lowest BCUT2D eigenvalue weighted by Crippen LogP contribution is -2.22. The zero-order chi connectivity index (χ0) is 16.9. The van der Waals surface area contributed by atoms with Crippen LogP contribution in [0.1, 0.15) is 57.9 Å². The van der Waals surface area contributed by atoms with Gasteiger partial charge in [-0.25, -0.2) is 4.79 Å². The average Bonchev–Trinajstić information content (AvgIpc) is 2.55. The van der Waals surface area contributed by atoms with E-state index in [-0.39, 0.29) is 0 Å². The molecule has 0 N–H and O–H groups in total. The van der Waals surface area contributed by atoms with Gasteiger partial charge in [-0.2, -0.15) is 0 Å². The van der Waals surface area contributed by atoms with Gasteiger partial charge in [-0.3, -0.25) is 0 Å². The number of halogens is 1. The molecule has 0 heterocycles. The quantitative estimate of drug-likeness (QED) is 0.252. The standard InChI is InChI=1S/C18H25ClNO3/c1-3-4-5-6-7-10-13-22-18(21)15(2)23-20-14-16-11-8-9-12-17(16)19/h9,11-12,14-15H,3-7,10,13H2,1-2H3. The summed E-state index contributed by atoms with van der Waals surface area (Å²) in [5.41, 5.74) is 0.682. The van der Waals surface area contributed by atoms with E-state index in [0.29, 0.717) is 17.2 Å². The van der Waals surface area contributed by atoms with E-state index in [9.17, 15) is 4.79 Å². The highest BCUT2D eigenvalue weighted by molar-refractivity contribution is 6.33. The molecule has 0 fully saturated rings. The molecule has 0 aromatic heterocycles. The van der Waals surface area contributed by atoms with Crippen LogP contribution in [0.5, 0.6) is 0 Å². The van der Waals surface area contributed by atoms with Gasteiger partial charge in [-0.05, 0) is 31.5 Å². The third kappa shape index (κ3) is 8.60. The summed E-state index contributed by atoms with van der Waals surface area (Å²) in [5.74, 6) is -0.401. The molecule has 1 unspecified atom stereocenters. The minimum atomic E-state index is -0.738. The Morgan fingerprint density at radius 1 is 1.35 bits per heavy atom. The van der Waals surface area contributed by atoms with E-state index in [4.69, 9.17) is 21.2 Å². The Balaban J connectivity index is 2.18. The van der Waals surface area contributed by atoms with Crippen LogP contribution in [-0.4, -0.2) is 24.9 Å². The summed E-state index contributed by atoms with van der Waals surface area (Å²) in [4.78, 5) is 16.8. The number of oxime groups is 1. The van der Waals surface area contributed by atoms with Gasteiger partial charge < -0.3 is 9.57 Å². The van der Waals surface area contributed by atoms with Crippen LogP contribution in [0, 0.1) is 6.07 Å². The molecule has 0 aliphatic carbocycles. The van der Waals surface area contributed by atoms with Crippen molar-refractivity contribution >= 4 is 23.8 Å². The number of unbranched alkanes of at least 4 members (excludes halogenated alkanes) is 5. The molecular weight excluding hydrogens is 314 g/mol. The number of carbonyl (C=O) groups is 1. The zero-order valence-electron chi connectivity index (χ0n) is 13.9. The fourth-order valence-corrected chi connectivity index (χ4v) is 2.08. The molecule has 0 spiro atoms. The van der Waals surface area contributed by atoms with E-state index in [1.807, 2.05) is 0 Å². The van der Waals surface area contributed by atoms with Crippen LogP contribution in [0.3, 0.4) is 0 Å². The average molecular weight is 339 g/mol. The maximum Gasteiger partial charge on any atom is 0.349 e. The molecule has 0 saturated heterocycles. The zero-order valence-corrected chi connectivity index (χ0v) is 14.6. The lowest BCUT2D eigenvalue weighted by Gasteiger charge is -2.09. The van der Waals surface area contributed by atoms with Gasteiger partial charge in [0.25, 0.3) is 0 Å². The molecule has 1 aromatic carbocycles. The SMILES string of the molecule is CCCCCCCCOC(=O)C(C)ON=Cc1c[c]ccc1Cl. The molecule has 1 aromatic rings. The maximum absolute atomic E-state index is 11.7. The summed E-state index contributed by atoms with van der Waals surface area (Å²) in [7, 11) is 0. The first-order chi connectivity index (χ1) is 11.1. The molecule has 0 saturated carbocycles. The highest BCUT2D eigenvalue weighted by Gasteiger charge is 2.15. The molecule has 1 atom stereocenters. The third-order valence-electron chi connectivity index (χ3n) is 3.33. The molecule has 127 valence electrons. The van der Waals surface area contributed by atoms with Gasteiger partial charge in [0.15, 0.2) is 0 Å². The van der Waals surface area contributed by atoms with E-state index >= 15 is 0 Å². The molecule has 0 aliphatic rings. The largest absolute Gasteiger partial charge is 0.463 e. The Morgan fingerprint density at radius 2 is 2.09 bits per heavy atom. The van der Waals surface area contributed by atoms with Crippen molar-refractivity contribution in [2.45, 2.75) is 58.5 Å². The van der Waals surface area contributed by atoms with E-state index in [1.165, 1.54) is 31.9 Å². The van der Waals surface area contributed by atoms with E-state index < -0.39 is 12.1 Å². The van der Waals surface area contributed by atoms with Gasteiger partial charge in [-0.15, -0.1) is 0 Å². The number of benzene rings is 1. The first-order valence-corrected chi connectivity index (χ1v) is 8.54. The van der Waals surface area contributed by atoms with Crippen molar-refractivity contribution in [3.63, 3.8) is 0 Å². The molecule has 4 nitrogen and oxygen atoms in total. The summed E-state index contributed by atoms with van der Waals surface area (Å²) in [5, 5.41) is 4.32. The number of carbonyl (C=O) groups excluding carboxylic acids is 1. The fourth-order valence-electron chi connectivity index (χ4n) is 1.92. The van der Waals surface area contributed by atoms with Crippen molar-refractivity contribution in [2.24, 2.45) is 5.16 Å². The van der Waals surface area contributed by atoms with Gasteiger partial charge in [-0.1, -0.05) is 61.9 Å². The van der Waals surface area contributed by atoms with Crippen molar-refractivity contribution in [3.05, 3.63) is 34.9 Å². The minimum absolute atomic E-state index is 0.401. The Hall–Kier alpha value is -1.55. The van der Waals surface area contributed by atoms with Crippen LogP contribution in [0.15, 0.2) is 23.4 Å². The number of esters is 1. The fraction of sp³-hybridized carbons (Fsp3) is 0.556. The number of hydrogen-bond acceptors (Lipinski definition) is 4. The molecule has 1 rings (SSSR count). The second-order valence-corrected chi connectivity index (χ2v) is 5.77. The lowest BCUT2D eigenvalue weighted by atomic mass is 10.1. The van der Waals surface area contributed by atoms with Gasteiger partial charge in [0.1, 0.15) is 0 Å². The van der Waals surface area contributed by atoms with Crippen LogP contribution in [-0.2, 0) is 14.4 Å². The van der Waals surface area contributed by atoms with Gasteiger partial charge >= 0.3 is 5.97 Å². The second-order valence-electron chi connectivity index (χ2n) is 5.37. The van der Waals surface area contributed by atoms with Crippen LogP contribution >= 0.6 is 11.6 Å². The number of ether oxygens (including phenoxy) is 1. The first kappa shape index (κ1) is 19.5. The number of hydrogen-bond donors (Lipinski definition) is 0. The van der Waals surface area contributed by atoms with E-state index in [0.717, 1.165) is 12.8 Å². The molecule has 0 aliphatic heterocycles. The predicted molar refractivity (Wildman–Crippen MR) is 92.8 cm³/mol. The van der Waals surface area contributed by atoms with Crippen molar-refractivity contribution in [1.82, 2.24) is 0 Å². The molecule has 1 radical (unpaired) electrons. The van der Waals surface area contributed by atoms with Crippen molar-refractivity contribution in [3.8, 4) is 0 Å². The summed E-state index contributed by atoms with van der Waals surface area (Å²) in [6, 6.07) is 8.00. The summed E-state index contributed by atoms with van der Waals surface area (Å²) >= 11 is 5.97. The molecule has 5 heteroatoms. The van der Waals surface area contributed by atoms with Crippen molar-refractivity contribution < 1.29 is 14.4 Å². The van der Waals surface area contributed by atoms with Crippen LogP contribution in [0.4, 0.5) is 0 Å². The normalized spacial score (nSPS) is 12.3. The van der Waals surface area contributed by atoms with Gasteiger partial charge in [0.2, 0.25) is 6.10 Å². The first-order valence-electron chi connectivity index (χ1n) is 8.16. The van der Waals surface area contributed by atoms with Crippen LogP contribution < -0.4 is 0 Å². The van der Waals surface area contributed by atoms with E-state index in [1.54, 1.807) is 25.1 Å². The van der Waals surface area contributed by atoms with Crippen LogP contribution in [0.2, 0.25) is 5.02 Å². The van der Waals surface area contributed by atoms with Gasteiger partial charge in [0, 0.05) is 10.6 Å². The summed E-state index contributed by atoms with van der Waals surface area (Å²) in [6.45, 7) is 4.23. The highest BCUT2D eigenvalue weighted by atomic mass is 35.5. The monoisotopic (exact) mass is 338 g/mol. The minimum Gasteiger partial charge on any atom is -0.463 e. The Kier molecular flexibility index (Phi) is 10.1. The Morgan fingerprint density at radius 3 is 2.83 bits per heavy atom. The highest BCUT2D eigenvalue weighted by Crippen LogP contribution is 2.12. The van der Waals surface area contributed by atoms with Crippen molar-refractivity contribution in [1.29, 1.82) is 0 Å². The van der Waals surface area contributed by atoms with Crippen molar-refractivity contribution in [2.75, 3.05) is 6.61 Å². The molecule has 0 amide bonds. The molecular formula is C18H25ClNO3. The summed E-state index contributed by atoms with van der Waals surface area (Å²) in [6.07, 6.45) is 7.63. The Labute approximate surface area is 143 Å². The smallest absolute Gasteiger partial charge is 0.349 e. The van der Waals surface area contributed by atoms with E-state index in [2.05, 4.69) is 18.1 Å². The predicted octanol–water partition coefficient (Wildman–Crippen LogP) is 4.78. The lowest BCUT2D eigenvalue weighted by molar-refractivity contribution is -0.156. The number of nitrogens with zero attached hydrogens (tertiary/aromatic N) is 1.